The van der Waals surface area contributed by atoms with E-state index in [1.807, 2.05) is 38.1 Å². The summed E-state index contributed by atoms with van der Waals surface area (Å²) in [6, 6.07) is 7.29. The second kappa shape index (κ2) is 7.93. The fourth-order valence-electron chi connectivity index (χ4n) is 2.86. The molecule has 142 valence electrons. The molecule has 27 heavy (non-hydrogen) atoms. The Bertz CT molecular complexity index is 970. The highest BCUT2D eigenvalue weighted by Crippen LogP contribution is 2.27. The minimum atomic E-state index is -0.684. The number of nitrogens with two attached hydrogens (primary N) is 2. The maximum atomic E-state index is 12.0. The third-order valence-corrected chi connectivity index (χ3v) is 4.41. The third-order valence-electron chi connectivity index (χ3n) is 4.09. The molecule has 3 aromatic rings. The van der Waals surface area contributed by atoms with Crippen molar-refractivity contribution in [3.63, 3.8) is 0 Å². The Labute approximate surface area is 162 Å². The summed E-state index contributed by atoms with van der Waals surface area (Å²) in [6.45, 7) is 4.53. The number of fused-ring (bicyclic) bond motifs is 1. The van der Waals surface area contributed by atoms with Crippen LogP contribution in [0.25, 0.3) is 22.6 Å². The Morgan fingerprint density at radius 3 is 2.52 bits per heavy atom. The minimum absolute atomic E-state index is 0.0432. The maximum Gasteiger partial charge on any atom is 0.269 e. The number of thiol groups is 1. The fourth-order valence-corrected chi connectivity index (χ4v) is 3.20. The summed E-state index contributed by atoms with van der Waals surface area (Å²) in [5.41, 5.74) is 13.3. The van der Waals surface area contributed by atoms with Gasteiger partial charge in [-0.2, -0.15) is 0 Å². The summed E-state index contributed by atoms with van der Waals surface area (Å²) < 4.78 is 7.16. The van der Waals surface area contributed by atoms with Crippen molar-refractivity contribution in [1.29, 1.82) is 0 Å². The van der Waals surface area contributed by atoms with E-state index in [4.69, 9.17) is 16.2 Å². The Balaban J connectivity index is 2.19. The summed E-state index contributed by atoms with van der Waals surface area (Å²) >= 11 is 4.40. The zero-order valence-electron chi connectivity index (χ0n) is 15.2. The van der Waals surface area contributed by atoms with Crippen molar-refractivity contribution in [2.45, 2.75) is 38.0 Å². The number of aromatic nitrogens is 4. The van der Waals surface area contributed by atoms with Gasteiger partial charge in [-0.15, -0.1) is 12.6 Å². The third kappa shape index (κ3) is 3.74. The van der Waals surface area contributed by atoms with Gasteiger partial charge in [0, 0.05) is 5.56 Å². The number of carbonyl (C=O) groups is 1. The monoisotopic (exact) mass is 386 g/mol. The molecule has 9 heteroatoms. The fraction of sp³-hybridized carbons (Fsp3) is 0.333. The lowest BCUT2D eigenvalue weighted by atomic mass is 10.2. The normalized spacial score (nSPS) is 12.3. The van der Waals surface area contributed by atoms with Crippen LogP contribution in [-0.2, 0) is 0 Å². The number of carbonyl (C=O) groups excluding carboxylic acids is 1. The molecule has 1 aromatic carbocycles. The first-order valence-corrected chi connectivity index (χ1v) is 9.18. The van der Waals surface area contributed by atoms with Crippen LogP contribution in [0.3, 0.4) is 0 Å². The molecule has 0 fully saturated rings. The first-order valence-electron chi connectivity index (χ1n) is 8.73. The molecule has 2 aromatic heterocycles. The van der Waals surface area contributed by atoms with Crippen LogP contribution in [0.4, 0.5) is 0 Å². The second-order valence-electron chi connectivity index (χ2n) is 6.03. The SMILES string of the molecule is CCCC(N)n1c(S)nc2c(C(N)=O)nc(-c3ccc(OCC)cc3)nc21. The number of benzene rings is 1. The molecule has 4 N–H and O–H groups in total. The number of imidazole rings is 1. The minimum Gasteiger partial charge on any atom is -0.494 e. The first kappa shape index (κ1) is 19.1. The van der Waals surface area contributed by atoms with E-state index in [0.29, 0.717) is 35.2 Å². The molecule has 0 aliphatic rings. The molecule has 0 spiro atoms. The number of nitrogens with zero attached hydrogens (tertiary/aromatic N) is 4. The van der Waals surface area contributed by atoms with E-state index in [9.17, 15) is 4.79 Å². The lowest BCUT2D eigenvalue weighted by molar-refractivity contribution is 0.0997. The Kier molecular flexibility index (Phi) is 5.62. The Morgan fingerprint density at radius 1 is 1.22 bits per heavy atom. The summed E-state index contributed by atoms with van der Waals surface area (Å²) in [4.78, 5) is 25.2. The second-order valence-corrected chi connectivity index (χ2v) is 6.43. The molecule has 1 atom stereocenters. The molecule has 1 amide bonds. The highest BCUT2D eigenvalue weighted by molar-refractivity contribution is 7.80. The molecule has 1 unspecified atom stereocenters. The standard InChI is InChI=1S/C18H22N6O2S/c1-3-5-12(19)24-17-14(22-18(24)27)13(15(20)25)21-16(23-17)10-6-8-11(9-7-10)26-4-2/h6-9,12H,3-5,19H2,1-2H3,(H2,20,25)(H,22,27). The molecule has 0 radical (unpaired) electrons. The van der Waals surface area contributed by atoms with E-state index in [1.165, 1.54) is 0 Å². The Hall–Kier alpha value is -2.65. The maximum absolute atomic E-state index is 12.0. The number of ether oxygens (including phenoxy) is 1. The molecule has 2 heterocycles. The van der Waals surface area contributed by atoms with Crippen LogP contribution in [0.1, 0.15) is 43.3 Å². The molecule has 0 saturated heterocycles. The summed E-state index contributed by atoms with van der Waals surface area (Å²) in [6.07, 6.45) is 1.23. The van der Waals surface area contributed by atoms with Crippen molar-refractivity contribution in [2.24, 2.45) is 11.5 Å². The van der Waals surface area contributed by atoms with Crippen molar-refractivity contribution < 1.29 is 9.53 Å². The van der Waals surface area contributed by atoms with Gasteiger partial charge in [0.05, 0.1) is 12.8 Å². The molecular formula is C18H22N6O2S. The summed E-state index contributed by atoms with van der Waals surface area (Å²) in [5, 5.41) is 0.367. The first-order chi connectivity index (χ1) is 13.0. The van der Waals surface area contributed by atoms with Crippen molar-refractivity contribution >= 4 is 29.7 Å². The highest BCUT2D eigenvalue weighted by Gasteiger charge is 2.22. The quantitative estimate of drug-likeness (QED) is 0.536. The van der Waals surface area contributed by atoms with Crippen LogP contribution in [0.5, 0.6) is 5.75 Å². The molecule has 0 saturated carbocycles. The predicted octanol–water partition coefficient (Wildman–Crippen LogP) is 2.54. The molecule has 3 rings (SSSR count). The van der Waals surface area contributed by atoms with Gasteiger partial charge < -0.3 is 16.2 Å². The summed E-state index contributed by atoms with van der Waals surface area (Å²) in [7, 11) is 0. The largest absolute Gasteiger partial charge is 0.494 e. The van der Waals surface area contributed by atoms with Gasteiger partial charge in [-0.25, -0.2) is 15.0 Å². The molecule has 8 nitrogen and oxygen atoms in total. The van der Waals surface area contributed by atoms with E-state index in [1.54, 1.807) is 4.57 Å². The van der Waals surface area contributed by atoms with E-state index < -0.39 is 5.91 Å². The van der Waals surface area contributed by atoms with Gasteiger partial charge in [-0.05, 0) is 37.6 Å². The topological polar surface area (TPSA) is 122 Å². The molecule has 0 bridgehead atoms. The average molecular weight is 386 g/mol. The summed E-state index contributed by atoms with van der Waals surface area (Å²) in [5.74, 6) is 0.416. The van der Waals surface area contributed by atoms with E-state index >= 15 is 0 Å². The van der Waals surface area contributed by atoms with Crippen LogP contribution >= 0.6 is 12.6 Å². The number of hydrogen-bond donors (Lipinski definition) is 3. The van der Waals surface area contributed by atoms with Crippen molar-refractivity contribution in [1.82, 2.24) is 19.5 Å². The van der Waals surface area contributed by atoms with Gasteiger partial charge in [-0.3, -0.25) is 9.36 Å². The van der Waals surface area contributed by atoms with Crippen molar-refractivity contribution in [3.05, 3.63) is 30.0 Å². The number of primary amides is 1. The smallest absolute Gasteiger partial charge is 0.269 e. The van der Waals surface area contributed by atoms with Crippen molar-refractivity contribution in [2.75, 3.05) is 6.61 Å². The van der Waals surface area contributed by atoms with Gasteiger partial charge in [-0.1, -0.05) is 13.3 Å². The number of amides is 1. The van der Waals surface area contributed by atoms with Crippen LogP contribution < -0.4 is 16.2 Å². The van der Waals surface area contributed by atoms with Gasteiger partial charge >= 0.3 is 0 Å². The van der Waals surface area contributed by atoms with Crippen LogP contribution in [-0.4, -0.2) is 32.0 Å². The van der Waals surface area contributed by atoms with Gasteiger partial charge in [0.15, 0.2) is 22.3 Å². The number of rotatable bonds is 7. The van der Waals surface area contributed by atoms with Gasteiger partial charge in [0.2, 0.25) is 0 Å². The zero-order chi connectivity index (χ0) is 19.6. The lowest BCUT2D eigenvalue weighted by Gasteiger charge is -2.14. The van der Waals surface area contributed by atoms with Crippen LogP contribution in [0.2, 0.25) is 0 Å². The van der Waals surface area contributed by atoms with Crippen LogP contribution in [0, 0.1) is 0 Å². The van der Waals surface area contributed by atoms with Gasteiger partial charge in [0.25, 0.3) is 5.91 Å². The predicted molar refractivity (Wildman–Crippen MR) is 106 cm³/mol. The molecule has 0 aliphatic heterocycles. The zero-order valence-corrected chi connectivity index (χ0v) is 16.1. The van der Waals surface area contributed by atoms with E-state index in [2.05, 4.69) is 27.6 Å². The molecular weight excluding hydrogens is 364 g/mol. The van der Waals surface area contributed by atoms with E-state index in [0.717, 1.165) is 17.7 Å². The van der Waals surface area contributed by atoms with Crippen molar-refractivity contribution in [3.8, 4) is 17.1 Å². The Morgan fingerprint density at radius 2 is 1.93 bits per heavy atom. The molecule has 0 aliphatic carbocycles. The highest BCUT2D eigenvalue weighted by atomic mass is 32.1. The van der Waals surface area contributed by atoms with Crippen LogP contribution in [0.15, 0.2) is 29.4 Å². The van der Waals surface area contributed by atoms with Gasteiger partial charge in [0.1, 0.15) is 11.3 Å². The number of hydrogen-bond acceptors (Lipinski definition) is 7. The lowest BCUT2D eigenvalue weighted by Crippen LogP contribution is -2.20. The average Bonchev–Trinajstić information content (AvgIpc) is 2.97. The van der Waals surface area contributed by atoms with E-state index in [-0.39, 0.29) is 11.9 Å².